The molecule has 0 saturated carbocycles. The lowest BCUT2D eigenvalue weighted by molar-refractivity contribution is 0.0840. The van der Waals surface area contributed by atoms with Gasteiger partial charge in [-0.1, -0.05) is 6.07 Å². The molecular formula is C14H20O4S. The van der Waals surface area contributed by atoms with Gasteiger partial charge in [0, 0.05) is 0 Å². The van der Waals surface area contributed by atoms with Crippen LogP contribution >= 0.6 is 0 Å². The van der Waals surface area contributed by atoms with E-state index in [-0.39, 0.29) is 6.42 Å². The van der Waals surface area contributed by atoms with Crippen LogP contribution in [0.15, 0.2) is 6.07 Å². The normalized spacial score (nSPS) is 21.7. The van der Waals surface area contributed by atoms with Gasteiger partial charge >= 0.3 is 0 Å². The molecule has 1 aliphatic rings. The molecule has 0 bridgehead atoms. The fraction of sp³-hybridized carbons (Fsp3) is 0.571. The third kappa shape index (κ3) is 2.37. The minimum absolute atomic E-state index is 0.286. The standard InChI is InChI=1S/C14H20O4S/c1-8-6-9(2)11-7-12(19(15,16)17)14(4,5)18-13(11)10(8)3/h6,12H,7H2,1-5H3,(H,15,16,17). The minimum Gasteiger partial charge on any atom is -0.486 e. The third-order valence-corrected chi connectivity index (χ3v) is 5.46. The maximum absolute atomic E-state index is 11.6. The first kappa shape index (κ1) is 14.3. The van der Waals surface area contributed by atoms with Gasteiger partial charge in [-0.25, -0.2) is 0 Å². The molecule has 0 radical (unpaired) electrons. The fourth-order valence-corrected chi connectivity index (χ4v) is 3.86. The van der Waals surface area contributed by atoms with Crippen LogP contribution in [0, 0.1) is 20.8 Å². The summed E-state index contributed by atoms with van der Waals surface area (Å²) in [5.74, 6) is 0.766. The smallest absolute Gasteiger partial charge is 0.272 e. The number of hydrogen-bond donors (Lipinski definition) is 1. The Hall–Kier alpha value is -1.07. The van der Waals surface area contributed by atoms with Gasteiger partial charge in [0.05, 0.1) is 0 Å². The van der Waals surface area contributed by atoms with E-state index in [1.807, 2.05) is 26.8 Å². The molecule has 0 amide bonds. The molecule has 106 valence electrons. The van der Waals surface area contributed by atoms with Gasteiger partial charge in [0.1, 0.15) is 16.6 Å². The van der Waals surface area contributed by atoms with E-state index in [1.165, 1.54) is 0 Å². The Kier molecular flexibility index (Phi) is 3.18. The second kappa shape index (κ2) is 4.21. The number of benzene rings is 1. The van der Waals surface area contributed by atoms with E-state index in [1.54, 1.807) is 13.8 Å². The van der Waals surface area contributed by atoms with Gasteiger partial charge < -0.3 is 4.74 Å². The van der Waals surface area contributed by atoms with E-state index >= 15 is 0 Å². The Balaban J connectivity index is 2.64. The Morgan fingerprint density at radius 3 is 2.37 bits per heavy atom. The van der Waals surface area contributed by atoms with Gasteiger partial charge in [0.2, 0.25) is 0 Å². The molecule has 1 unspecified atom stereocenters. The van der Waals surface area contributed by atoms with E-state index in [4.69, 9.17) is 4.74 Å². The van der Waals surface area contributed by atoms with Crippen molar-refractivity contribution in [3.8, 4) is 5.75 Å². The summed E-state index contributed by atoms with van der Waals surface area (Å²) in [6.07, 6.45) is 0.286. The van der Waals surface area contributed by atoms with Crippen LogP contribution in [0.1, 0.15) is 36.1 Å². The number of aryl methyl sites for hydroxylation is 2. The largest absolute Gasteiger partial charge is 0.486 e. The maximum Gasteiger partial charge on any atom is 0.272 e. The monoisotopic (exact) mass is 284 g/mol. The first-order valence-electron chi connectivity index (χ1n) is 6.29. The van der Waals surface area contributed by atoms with Gasteiger partial charge in [-0.15, -0.1) is 0 Å². The van der Waals surface area contributed by atoms with Crippen LogP contribution in [-0.4, -0.2) is 23.8 Å². The molecule has 4 nitrogen and oxygen atoms in total. The first-order valence-corrected chi connectivity index (χ1v) is 7.79. The molecule has 1 N–H and O–H groups in total. The molecule has 0 aliphatic carbocycles. The first-order chi connectivity index (χ1) is 8.54. The summed E-state index contributed by atoms with van der Waals surface area (Å²) in [6, 6.07) is 2.02. The Morgan fingerprint density at radius 2 is 1.84 bits per heavy atom. The average Bonchev–Trinajstić information content (AvgIpc) is 2.22. The predicted molar refractivity (Wildman–Crippen MR) is 74.4 cm³/mol. The second-order valence-electron chi connectivity index (χ2n) is 5.86. The van der Waals surface area contributed by atoms with Crippen molar-refractivity contribution in [2.45, 2.75) is 51.9 Å². The van der Waals surface area contributed by atoms with Crippen molar-refractivity contribution in [3.05, 3.63) is 28.3 Å². The molecule has 5 heteroatoms. The summed E-state index contributed by atoms with van der Waals surface area (Å²) in [6.45, 7) is 9.32. The lowest BCUT2D eigenvalue weighted by Gasteiger charge is -2.39. The third-order valence-electron chi connectivity index (χ3n) is 4.00. The summed E-state index contributed by atoms with van der Waals surface area (Å²) < 4.78 is 38.4. The van der Waals surface area contributed by atoms with E-state index in [2.05, 4.69) is 0 Å². The van der Waals surface area contributed by atoms with Crippen molar-refractivity contribution in [1.82, 2.24) is 0 Å². The lowest BCUT2D eigenvalue weighted by atomic mass is 9.88. The van der Waals surface area contributed by atoms with Gasteiger partial charge in [-0.2, -0.15) is 8.42 Å². The Morgan fingerprint density at radius 1 is 1.26 bits per heavy atom. The number of fused-ring (bicyclic) bond motifs is 1. The molecule has 0 fully saturated rings. The Bertz CT molecular complexity index is 629. The van der Waals surface area contributed by atoms with E-state index in [0.29, 0.717) is 0 Å². The van der Waals surface area contributed by atoms with Crippen LogP contribution in [0.3, 0.4) is 0 Å². The minimum atomic E-state index is -4.14. The second-order valence-corrected chi connectivity index (χ2v) is 7.46. The maximum atomic E-state index is 11.6. The highest BCUT2D eigenvalue weighted by Gasteiger charge is 2.45. The predicted octanol–water partition coefficient (Wildman–Crippen LogP) is 2.58. The number of ether oxygens (including phenoxy) is 1. The molecule has 0 aromatic heterocycles. The molecule has 1 aliphatic heterocycles. The van der Waals surface area contributed by atoms with Crippen LogP contribution in [0.25, 0.3) is 0 Å². The van der Waals surface area contributed by atoms with Crippen molar-refractivity contribution in [1.29, 1.82) is 0 Å². The highest BCUT2D eigenvalue weighted by atomic mass is 32.2. The zero-order valence-corrected chi connectivity index (χ0v) is 12.8. The number of hydrogen-bond acceptors (Lipinski definition) is 3. The van der Waals surface area contributed by atoms with Crippen LogP contribution in [-0.2, 0) is 16.5 Å². The molecule has 2 rings (SSSR count). The SMILES string of the molecule is Cc1cc(C)c2c(c1C)OC(C)(C)C(S(=O)(=O)O)C2. The average molecular weight is 284 g/mol. The lowest BCUT2D eigenvalue weighted by Crippen LogP contribution is -2.50. The summed E-state index contributed by atoms with van der Waals surface area (Å²) >= 11 is 0. The molecule has 1 atom stereocenters. The van der Waals surface area contributed by atoms with E-state index in [0.717, 1.165) is 28.0 Å². The van der Waals surface area contributed by atoms with Crippen molar-refractivity contribution in [3.63, 3.8) is 0 Å². The topological polar surface area (TPSA) is 63.6 Å². The van der Waals surface area contributed by atoms with Crippen LogP contribution in [0.5, 0.6) is 5.75 Å². The molecule has 0 spiro atoms. The van der Waals surface area contributed by atoms with Gasteiger partial charge in [-0.05, 0) is 63.3 Å². The van der Waals surface area contributed by atoms with Crippen LogP contribution in [0.4, 0.5) is 0 Å². The fourth-order valence-electron chi connectivity index (χ4n) is 2.72. The summed E-state index contributed by atoms with van der Waals surface area (Å²) in [5.41, 5.74) is 3.10. The summed E-state index contributed by atoms with van der Waals surface area (Å²) in [4.78, 5) is 0. The van der Waals surface area contributed by atoms with Crippen molar-refractivity contribution >= 4 is 10.1 Å². The van der Waals surface area contributed by atoms with E-state index < -0.39 is 21.0 Å². The quantitative estimate of drug-likeness (QED) is 0.805. The summed E-state index contributed by atoms with van der Waals surface area (Å²) in [5, 5.41) is -0.937. The highest BCUT2D eigenvalue weighted by molar-refractivity contribution is 7.86. The highest BCUT2D eigenvalue weighted by Crippen LogP contribution is 2.40. The Labute approximate surface area is 114 Å². The van der Waals surface area contributed by atoms with Gasteiger partial charge in [-0.3, -0.25) is 4.55 Å². The van der Waals surface area contributed by atoms with Gasteiger partial charge in [0.15, 0.2) is 0 Å². The van der Waals surface area contributed by atoms with Gasteiger partial charge in [0.25, 0.3) is 10.1 Å². The van der Waals surface area contributed by atoms with Crippen LogP contribution in [0.2, 0.25) is 0 Å². The zero-order chi connectivity index (χ0) is 14.6. The summed E-state index contributed by atoms with van der Waals surface area (Å²) in [7, 11) is -4.14. The molecular weight excluding hydrogens is 264 g/mol. The zero-order valence-electron chi connectivity index (χ0n) is 11.9. The molecule has 1 heterocycles. The van der Waals surface area contributed by atoms with Crippen molar-refractivity contribution in [2.75, 3.05) is 0 Å². The molecule has 1 aromatic rings. The molecule has 0 saturated heterocycles. The van der Waals surface area contributed by atoms with Crippen molar-refractivity contribution in [2.24, 2.45) is 0 Å². The molecule has 19 heavy (non-hydrogen) atoms. The van der Waals surface area contributed by atoms with Crippen molar-refractivity contribution < 1.29 is 17.7 Å². The van der Waals surface area contributed by atoms with Crippen LogP contribution < -0.4 is 4.74 Å². The van der Waals surface area contributed by atoms with E-state index in [9.17, 15) is 13.0 Å². The molecule has 1 aromatic carbocycles. The number of rotatable bonds is 1.